The highest BCUT2D eigenvalue weighted by Crippen LogP contribution is 2.30. The molecule has 0 atom stereocenters. The van der Waals surface area contributed by atoms with Crippen LogP contribution >= 0.6 is 11.6 Å². The molecular weight excluding hydrogens is 394 g/mol. The fourth-order valence-electron chi connectivity index (χ4n) is 3.13. The highest BCUT2D eigenvalue weighted by Gasteiger charge is 2.30. The van der Waals surface area contributed by atoms with E-state index in [0.29, 0.717) is 33.3 Å². The van der Waals surface area contributed by atoms with E-state index in [-0.39, 0.29) is 23.3 Å². The van der Waals surface area contributed by atoms with Crippen LogP contribution < -0.4 is 10.9 Å². The number of hydrogen-bond donors (Lipinski definition) is 2. The van der Waals surface area contributed by atoms with Gasteiger partial charge in [-0.15, -0.1) is 0 Å². The van der Waals surface area contributed by atoms with Crippen molar-refractivity contribution in [1.82, 2.24) is 29.5 Å². The van der Waals surface area contributed by atoms with Crippen LogP contribution in [0.15, 0.2) is 41.3 Å². The van der Waals surface area contributed by atoms with Gasteiger partial charge in [0.1, 0.15) is 11.2 Å². The highest BCUT2D eigenvalue weighted by molar-refractivity contribution is 6.30. The zero-order chi connectivity index (χ0) is 20.1. The van der Waals surface area contributed by atoms with Crippen molar-refractivity contribution in [1.29, 1.82) is 0 Å². The number of rotatable bonds is 4. The van der Waals surface area contributed by atoms with E-state index in [4.69, 9.17) is 11.6 Å². The molecule has 1 aliphatic rings. The molecule has 1 aliphatic carbocycles. The fraction of sp³-hybridized carbons (Fsp3) is 0.211. The Balaban J connectivity index is 1.64. The second-order valence-electron chi connectivity index (χ2n) is 7.01. The molecule has 3 heterocycles. The first-order valence-electron chi connectivity index (χ1n) is 9.11. The maximum Gasteiger partial charge on any atom is 0.263 e. The molecule has 0 radical (unpaired) electrons. The van der Waals surface area contributed by atoms with Gasteiger partial charge in [0.2, 0.25) is 11.9 Å². The van der Waals surface area contributed by atoms with E-state index in [9.17, 15) is 9.59 Å². The summed E-state index contributed by atoms with van der Waals surface area (Å²) in [5, 5.41) is 12.4. The minimum atomic E-state index is -0.356. The number of aromatic nitrogens is 6. The molecule has 5 rings (SSSR count). The summed E-state index contributed by atoms with van der Waals surface area (Å²) in [4.78, 5) is 32.1. The molecule has 0 saturated heterocycles. The fourth-order valence-corrected chi connectivity index (χ4v) is 3.31. The number of aryl methyl sites for hydroxylation is 1. The Hall–Kier alpha value is -3.46. The summed E-state index contributed by atoms with van der Waals surface area (Å²) in [7, 11) is 0. The standard InChI is InChI=1S/C19H16ClN7O2/c1-10-7-15(22-17(28)11-5-6-11)27(25-10)19-23-16-14(18(29)24-19)9-21-26(16)13-4-2-3-12(20)8-13/h2-4,7-9,11H,5-6H2,1H3,(H,22,28)(H,23,24,29). The Bertz CT molecular complexity index is 1320. The SMILES string of the molecule is Cc1cc(NC(=O)C2CC2)n(-c2nc3c(cnn3-c3cccc(Cl)c3)c(=O)[nH]2)n1. The molecule has 10 heteroatoms. The Morgan fingerprint density at radius 1 is 1.28 bits per heavy atom. The van der Waals surface area contributed by atoms with E-state index in [1.165, 1.54) is 10.9 Å². The maximum absolute atomic E-state index is 12.6. The average Bonchev–Trinajstić information content (AvgIpc) is 3.35. The van der Waals surface area contributed by atoms with Gasteiger partial charge in [-0.1, -0.05) is 17.7 Å². The minimum absolute atomic E-state index is 0.0393. The summed E-state index contributed by atoms with van der Waals surface area (Å²) in [6.07, 6.45) is 3.23. The van der Waals surface area contributed by atoms with Crippen LogP contribution in [0, 0.1) is 12.8 Å². The van der Waals surface area contributed by atoms with Crippen LogP contribution in [0.25, 0.3) is 22.7 Å². The lowest BCUT2D eigenvalue weighted by Gasteiger charge is -2.08. The lowest BCUT2D eigenvalue weighted by Crippen LogP contribution is -2.19. The van der Waals surface area contributed by atoms with E-state index >= 15 is 0 Å². The van der Waals surface area contributed by atoms with E-state index in [1.54, 1.807) is 35.9 Å². The number of hydrogen-bond acceptors (Lipinski definition) is 5. The van der Waals surface area contributed by atoms with E-state index in [0.717, 1.165) is 12.8 Å². The number of nitrogens with one attached hydrogen (secondary N) is 2. The van der Waals surface area contributed by atoms with E-state index < -0.39 is 0 Å². The molecule has 1 saturated carbocycles. The number of carbonyl (C=O) groups excluding carboxylic acids is 1. The van der Waals surface area contributed by atoms with Crippen molar-refractivity contribution in [2.24, 2.45) is 5.92 Å². The zero-order valence-corrected chi connectivity index (χ0v) is 16.1. The number of anilines is 1. The number of nitrogens with zero attached hydrogens (tertiary/aromatic N) is 5. The Labute approximate surface area is 169 Å². The van der Waals surface area contributed by atoms with Crippen LogP contribution in [0.2, 0.25) is 5.02 Å². The third-order valence-electron chi connectivity index (χ3n) is 4.71. The van der Waals surface area contributed by atoms with Gasteiger partial charge in [-0.3, -0.25) is 14.6 Å². The van der Waals surface area contributed by atoms with Gasteiger partial charge in [0.05, 0.1) is 17.6 Å². The summed E-state index contributed by atoms with van der Waals surface area (Å²) in [5.74, 6) is 0.622. The van der Waals surface area contributed by atoms with Gasteiger partial charge in [-0.2, -0.15) is 19.9 Å². The third-order valence-corrected chi connectivity index (χ3v) is 4.95. The molecule has 1 aromatic carbocycles. The number of carbonyl (C=O) groups is 1. The lowest BCUT2D eigenvalue weighted by molar-refractivity contribution is -0.117. The van der Waals surface area contributed by atoms with Crippen LogP contribution in [0.4, 0.5) is 5.82 Å². The van der Waals surface area contributed by atoms with Crippen molar-refractivity contribution in [3.63, 3.8) is 0 Å². The predicted molar refractivity (Wildman–Crippen MR) is 108 cm³/mol. The second-order valence-corrected chi connectivity index (χ2v) is 7.45. The molecule has 0 spiro atoms. The third kappa shape index (κ3) is 3.19. The number of benzene rings is 1. The average molecular weight is 410 g/mol. The number of fused-ring (bicyclic) bond motifs is 1. The monoisotopic (exact) mass is 409 g/mol. The van der Waals surface area contributed by atoms with Crippen molar-refractivity contribution in [3.8, 4) is 11.6 Å². The lowest BCUT2D eigenvalue weighted by atomic mass is 10.3. The number of aromatic amines is 1. The van der Waals surface area contributed by atoms with Gasteiger partial charge in [-0.25, -0.2) is 4.68 Å². The predicted octanol–water partition coefficient (Wildman–Crippen LogP) is 2.60. The molecule has 0 bridgehead atoms. The minimum Gasteiger partial charge on any atom is -0.310 e. The molecule has 0 unspecified atom stereocenters. The molecule has 2 N–H and O–H groups in total. The quantitative estimate of drug-likeness (QED) is 0.538. The van der Waals surface area contributed by atoms with Gasteiger partial charge in [0.25, 0.3) is 5.56 Å². The summed E-state index contributed by atoms with van der Waals surface area (Å²) < 4.78 is 2.96. The van der Waals surface area contributed by atoms with Gasteiger partial charge >= 0.3 is 0 Å². The van der Waals surface area contributed by atoms with Crippen molar-refractivity contribution < 1.29 is 4.79 Å². The molecule has 4 aromatic rings. The van der Waals surface area contributed by atoms with Gasteiger partial charge in [0, 0.05) is 17.0 Å². The van der Waals surface area contributed by atoms with E-state index in [1.807, 2.05) is 6.07 Å². The van der Waals surface area contributed by atoms with Crippen molar-refractivity contribution >= 4 is 34.4 Å². The van der Waals surface area contributed by atoms with E-state index in [2.05, 4.69) is 25.5 Å². The summed E-state index contributed by atoms with van der Waals surface area (Å²) in [6, 6.07) is 8.83. The number of amides is 1. The Morgan fingerprint density at radius 3 is 2.86 bits per heavy atom. The molecule has 146 valence electrons. The maximum atomic E-state index is 12.6. The summed E-state index contributed by atoms with van der Waals surface area (Å²) in [6.45, 7) is 1.80. The zero-order valence-electron chi connectivity index (χ0n) is 15.4. The van der Waals surface area contributed by atoms with Crippen LogP contribution in [-0.4, -0.2) is 35.4 Å². The van der Waals surface area contributed by atoms with Crippen LogP contribution in [0.1, 0.15) is 18.5 Å². The number of H-pyrrole nitrogens is 1. The molecule has 1 amide bonds. The Kier molecular flexibility index (Phi) is 3.99. The van der Waals surface area contributed by atoms with Gasteiger partial charge < -0.3 is 5.32 Å². The molecule has 1 fully saturated rings. The van der Waals surface area contributed by atoms with Crippen molar-refractivity contribution in [2.75, 3.05) is 5.32 Å². The van der Waals surface area contributed by atoms with Crippen LogP contribution in [-0.2, 0) is 4.79 Å². The molecule has 0 aliphatic heterocycles. The number of halogens is 1. The first kappa shape index (κ1) is 17.6. The van der Waals surface area contributed by atoms with Crippen LogP contribution in [0.3, 0.4) is 0 Å². The highest BCUT2D eigenvalue weighted by atomic mass is 35.5. The smallest absolute Gasteiger partial charge is 0.263 e. The van der Waals surface area contributed by atoms with Crippen molar-refractivity contribution in [3.05, 3.63) is 57.6 Å². The Morgan fingerprint density at radius 2 is 2.10 bits per heavy atom. The van der Waals surface area contributed by atoms with Crippen LogP contribution in [0.5, 0.6) is 0 Å². The second kappa shape index (κ2) is 6.56. The summed E-state index contributed by atoms with van der Waals surface area (Å²) in [5.41, 5.74) is 1.36. The van der Waals surface area contributed by atoms with Gasteiger partial charge in [-0.05, 0) is 38.0 Å². The topological polar surface area (TPSA) is 110 Å². The first-order chi connectivity index (χ1) is 14.0. The van der Waals surface area contributed by atoms with Gasteiger partial charge in [0.15, 0.2) is 5.65 Å². The molecule has 9 nitrogen and oxygen atoms in total. The normalized spacial score (nSPS) is 13.7. The molecular formula is C19H16ClN7O2. The first-order valence-corrected chi connectivity index (χ1v) is 9.49. The van der Waals surface area contributed by atoms with Crippen molar-refractivity contribution in [2.45, 2.75) is 19.8 Å². The summed E-state index contributed by atoms with van der Waals surface area (Å²) >= 11 is 6.09. The molecule has 29 heavy (non-hydrogen) atoms. The largest absolute Gasteiger partial charge is 0.310 e. The molecule has 3 aromatic heterocycles.